The number of isothiocyanates is 1. The van der Waals surface area contributed by atoms with E-state index < -0.39 is 15.6 Å². The smallest absolute Gasteiger partial charge is 0.485 e. The number of hydrogen-bond donors (Lipinski definition) is 0. The lowest BCUT2D eigenvalue weighted by atomic mass is 10.2. The van der Waals surface area contributed by atoms with E-state index >= 15 is 0 Å². The van der Waals surface area contributed by atoms with Gasteiger partial charge in [0.05, 0.1) is 37.9 Å². The molecule has 0 aromatic heterocycles. The van der Waals surface area contributed by atoms with Gasteiger partial charge in [-0.05, 0) is 26.1 Å². The Bertz CT molecular complexity index is 463. The third kappa shape index (κ3) is 11.9. The van der Waals surface area contributed by atoms with Crippen LogP contribution in [-0.2, 0) is 10.1 Å². The van der Waals surface area contributed by atoms with E-state index in [4.69, 9.17) is 24.6 Å². The molecule has 0 rings (SSSR count). The lowest BCUT2D eigenvalue weighted by Gasteiger charge is -2.36. The van der Waals surface area contributed by atoms with E-state index in [1.807, 2.05) is 0 Å². The van der Waals surface area contributed by atoms with E-state index in [9.17, 15) is 13.2 Å². The SMILES string of the molecule is CC[N+](CC)(CCCCl)CCCN=C=S.O=S(=O)([O-])C(F)(F)F. The summed E-state index contributed by atoms with van der Waals surface area (Å²) in [5.74, 6) is 0.762. The fraction of sp³-hybridized carbons (Fsp3) is 0.917. The van der Waals surface area contributed by atoms with Gasteiger partial charge in [-0.2, -0.15) is 13.2 Å². The van der Waals surface area contributed by atoms with E-state index in [2.05, 4.69) is 36.2 Å². The van der Waals surface area contributed by atoms with Crippen molar-refractivity contribution in [1.82, 2.24) is 0 Å². The fourth-order valence-corrected chi connectivity index (χ4v) is 2.10. The van der Waals surface area contributed by atoms with Crippen molar-refractivity contribution in [1.29, 1.82) is 0 Å². The Balaban J connectivity index is 0. The average molecular weight is 399 g/mol. The van der Waals surface area contributed by atoms with Crippen LogP contribution in [0, 0.1) is 0 Å². The van der Waals surface area contributed by atoms with Gasteiger partial charge in [0, 0.05) is 18.7 Å². The summed E-state index contributed by atoms with van der Waals surface area (Å²) in [5, 5.41) is 2.41. The maximum atomic E-state index is 10.7. The molecule has 0 saturated heterocycles. The fourth-order valence-electron chi connectivity index (χ4n) is 1.89. The first-order valence-corrected chi connectivity index (χ1v) is 9.31. The van der Waals surface area contributed by atoms with E-state index in [0.29, 0.717) is 0 Å². The van der Waals surface area contributed by atoms with Crippen LogP contribution in [0.15, 0.2) is 4.99 Å². The highest BCUT2D eigenvalue weighted by Crippen LogP contribution is 2.20. The zero-order valence-corrected chi connectivity index (χ0v) is 15.5. The first-order valence-electron chi connectivity index (χ1n) is 6.96. The molecule has 0 atom stereocenters. The molecule has 138 valence electrons. The molecule has 0 aromatic carbocycles. The van der Waals surface area contributed by atoms with Gasteiger partial charge in [-0.3, -0.25) is 0 Å². The molecule has 23 heavy (non-hydrogen) atoms. The van der Waals surface area contributed by atoms with Crippen molar-refractivity contribution in [3.05, 3.63) is 0 Å². The summed E-state index contributed by atoms with van der Waals surface area (Å²) in [6.07, 6.45) is 2.19. The predicted molar refractivity (Wildman–Crippen MR) is 86.7 cm³/mol. The molecule has 0 fully saturated rings. The Kier molecular flexibility index (Phi) is 13.2. The van der Waals surface area contributed by atoms with Crippen LogP contribution >= 0.6 is 23.8 Å². The third-order valence-electron chi connectivity index (χ3n) is 3.36. The Hall–Kier alpha value is -0.250. The van der Waals surface area contributed by atoms with E-state index in [1.54, 1.807) is 0 Å². The Morgan fingerprint density at radius 2 is 1.65 bits per heavy atom. The van der Waals surface area contributed by atoms with Crippen LogP contribution in [0.5, 0.6) is 0 Å². The normalized spacial score (nSPS) is 12.1. The highest BCUT2D eigenvalue weighted by Gasteiger charge is 2.36. The minimum absolute atomic E-state index is 0.762. The predicted octanol–water partition coefficient (Wildman–Crippen LogP) is 3.02. The first kappa shape index (κ1) is 25.0. The number of alkyl halides is 4. The Morgan fingerprint density at radius 3 is 1.96 bits per heavy atom. The zero-order valence-electron chi connectivity index (χ0n) is 13.1. The van der Waals surface area contributed by atoms with Crippen molar-refractivity contribution in [3.63, 3.8) is 0 Å². The molecule has 0 spiro atoms. The molecule has 0 unspecified atom stereocenters. The second-order valence-corrected chi connectivity index (χ2v) is 6.62. The number of rotatable bonds is 9. The molecule has 0 aliphatic heterocycles. The summed E-state index contributed by atoms with van der Waals surface area (Å²) in [6, 6.07) is 0. The van der Waals surface area contributed by atoms with Crippen LogP contribution < -0.4 is 0 Å². The van der Waals surface area contributed by atoms with Crippen molar-refractivity contribution < 1.29 is 30.6 Å². The minimum Gasteiger partial charge on any atom is -0.741 e. The van der Waals surface area contributed by atoms with Gasteiger partial charge in [0.15, 0.2) is 10.1 Å². The highest BCUT2D eigenvalue weighted by atomic mass is 35.5. The largest absolute Gasteiger partial charge is 0.741 e. The molecule has 0 amide bonds. The maximum Gasteiger partial charge on any atom is 0.485 e. The molecule has 0 bridgehead atoms. The number of nitrogens with zero attached hydrogens (tertiary/aromatic N) is 2. The second kappa shape index (κ2) is 12.2. The molecule has 0 radical (unpaired) electrons. The third-order valence-corrected chi connectivity index (χ3v) is 4.32. The summed E-state index contributed by atoms with van der Waals surface area (Å²) >= 11 is 10.3. The first-order chi connectivity index (χ1) is 10.5. The van der Waals surface area contributed by atoms with Gasteiger partial charge in [-0.1, -0.05) is 0 Å². The molecule has 5 nitrogen and oxygen atoms in total. The molecular weight excluding hydrogens is 377 g/mol. The lowest BCUT2D eigenvalue weighted by molar-refractivity contribution is -0.925. The van der Waals surface area contributed by atoms with Gasteiger partial charge in [0.2, 0.25) is 0 Å². The highest BCUT2D eigenvalue weighted by molar-refractivity contribution is 7.86. The van der Waals surface area contributed by atoms with Gasteiger partial charge in [0.1, 0.15) is 0 Å². The Labute approximate surface area is 145 Å². The van der Waals surface area contributed by atoms with Crippen LogP contribution in [0.4, 0.5) is 13.2 Å². The van der Waals surface area contributed by atoms with Crippen LogP contribution in [0.3, 0.4) is 0 Å². The Morgan fingerprint density at radius 1 is 1.22 bits per heavy atom. The molecule has 11 heteroatoms. The van der Waals surface area contributed by atoms with Gasteiger partial charge < -0.3 is 9.04 Å². The summed E-state index contributed by atoms with van der Waals surface area (Å²) in [5.41, 5.74) is -5.65. The van der Waals surface area contributed by atoms with Crippen molar-refractivity contribution in [2.24, 2.45) is 4.99 Å². The summed E-state index contributed by atoms with van der Waals surface area (Å²) in [7, 11) is -6.09. The number of hydrogen-bond acceptors (Lipinski definition) is 5. The second-order valence-electron chi connectivity index (χ2n) is 4.69. The molecule has 0 aliphatic carbocycles. The van der Waals surface area contributed by atoms with Crippen molar-refractivity contribution in [2.45, 2.75) is 32.2 Å². The zero-order chi connectivity index (χ0) is 18.6. The molecular formula is C12H22ClF3N2O3S2. The van der Waals surface area contributed by atoms with Crippen LogP contribution in [0.1, 0.15) is 26.7 Å². The number of quaternary nitrogens is 1. The van der Waals surface area contributed by atoms with Crippen LogP contribution in [0.25, 0.3) is 0 Å². The molecule has 0 N–H and O–H groups in total. The molecule has 0 saturated carbocycles. The quantitative estimate of drug-likeness (QED) is 0.114. The van der Waals surface area contributed by atoms with E-state index in [-0.39, 0.29) is 0 Å². The van der Waals surface area contributed by atoms with E-state index in [1.165, 1.54) is 26.2 Å². The number of halogens is 4. The average Bonchev–Trinajstić information content (AvgIpc) is 2.46. The minimum atomic E-state index is -6.09. The van der Waals surface area contributed by atoms with Gasteiger partial charge in [0.25, 0.3) is 0 Å². The standard InChI is InChI=1S/C11H22ClN2S.CHF3O3S/c1-3-14(4-2,9-5-7-12)10-6-8-13-11-15;2-1(3,4)8(5,6)7/h3-10H2,1-2H3;(H,5,6,7)/q+1;/p-1. The van der Waals surface area contributed by atoms with Crippen LogP contribution in [0.2, 0.25) is 0 Å². The van der Waals surface area contributed by atoms with Gasteiger partial charge >= 0.3 is 5.51 Å². The molecule has 0 aromatic rings. The number of aliphatic imine (C=N–C) groups is 1. The summed E-state index contributed by atoms with van der Waals surface area (Å²) in [4.78, 5) is 3.95. The lowest BCUT2D eigenvalue weighted by Crippen LogP contribution is -2.49. The van der Waals surface area contributed by atoms with Crippen molar-refractivity contribution >= 4 is 39.1 Å². The van der Waals surface area contributed by atoms with Gasteiger partial charge in [-0.15, -0.1) is 11.6 Å². The van der Waals surface area contributed by atoms with Crippen LogP contribution in [-0.4, -0.2) is 66.7 Å². The number of thiocarbonyl (C=S) groups is 1. The van der Waals surface area contributed by atoms with Crippen molar-refractivity contribution in [3.8, 4) is 0 Å². The molecule has 0 heterocycles. The van der Waals surface area contributed by atoms with E-state index in [0.717, 1.165) is 29.7 Å². The summed E-state index contributed by atoms with van der Waals surface area (Å²) < 4.78 is 60.1. The van der Waals surface area contributed by atoms with Crippen molar-refractivity contribution in [2.75, 3.05) is 38.6 Å². The monoisotopic (exact) mass is 398 g/mol. The topological polar surface area (TPSA) is 69.6 Å². The molecule has 0 aliphatic rings. The summed E-state index contributed by atoms with van der Waals surface area (Å²) in [6.45, 7) is 10.0. The maximum absolute atomic E-state index is 10.7. The van der Waals surface area contributed by atoms with Gasteiger partial charge in [-0.25, -0.2) is 13.4 Å².